The maximum Gasteiger partial charge on any atom is 0.258 e. The minimum absolute atomic E-state index is 0.331. The molecule has 2 rings (SSSR count). The predicted molar refractivity (Wildman–Crippen MR) is 68.0 cm³/mol. The fourth-order valence-corrected chi connectivity index (χ4v) is 1.85. The Kier molecular flexibility index (Phi) is 2.67. The third kappa shape index (κ3) is 2.03. The quantitative estimate of drug-likeness (QED) is 0.831. The number of hydrogen-bond donors (Lipinski definition) is 2. The average Bonchev–Trinajstić information content (AvgIpc) is 2.69. The van der Waals surface area contributed by atoms with Gasteiger partial charge in [-0.3, -0.25) is 4.79 Å². The van der Waals surface area contributed by atoms with Gasteiger partial charge in [0.15, 0.2) is 0 Å². The van der Waals surface area contributed by atoms with Gasteiger partial charge in [-0.05, 0) is 19.9 Å². The highest BCUT2D eigenvalue weighted by Crippen LogP contribution is 2.26. The van der Waals surface area contributed by atoms with Crippen molar-refractivity contribution >= 4 is 22.5 Å². The summed E-state index contributed by atoms with van der Waals surface area (Å²) in [6.45, 7) is 2.97. The van der Waals surface area contributed by atoms with Crippen LogP contribution < -0.4 is 4.90 Å². The normalized spacial score (nSPS) is 11.8. The van der Waals surface area contributed by atoms with Gasteiger partial charge in [0.2, 0.25) is 0 Å². The largest absolute Gasteiger partial charge is 0.381 e. The van der Waals surface area contributed by atoms with Crippen molar-refractivity contribution in [3.63, 3.8) is 0 Å². The smallest absolute Gasteiger partial charge is 0.258 e. The molecule has 0 bridgehead atoms. The van der Waals surface area contributed by atoms with Crippen LogP contribution in [0.3, 0.4) is 0 Å². The van der Waals surface area contributed by atoms with Crippen LogP contribution in [-0.2, 0) is 4.79 Å². The lowest BCUT2D eigenvalue weighted by molar-refractivity contribution is -0.133. The second kappa shape index (κ2) is 3.89. The molecule has 0 aliphatic rings. The van der Waals surface area contributed by atoms with Crippen LogP contribution in [0, 0.1) is 0 Å². The molecule has 17 heavy (non-hydrogen) atoms. The van der Waals surface area contributed by atoms with Crippen molar-refractivity contribution in [1.82, 2.24) is 4.98 Å². The highest BCUT2D eigenvalue weighted by atomic mass is 16.3. The van der Waals surface area contributed by atoms with E-state index in [0.29, 0.717) is 0 Å². The van der Waals surface area contributed by atoms with Gasteiger partial charge in [-0.25, -0.2) is 0 Å². The Morgan fingerprint density at radius 2 is 2.00 bits per heavy atom. The van der Waals surface area contributed by atoms with E-state index in [1.165, 1.54) is 18.7 Å². The fraction of sp³-hybridized carbons (Fsp3) is 0.308. The van der Waals surface area contributed by atoms with Gasteiger partial charge < -0.3 is 15.0 Å². The van der Waals surface area contributed by atoms with Crippen molar-refractivity contribution in [2.24, 2.45) is 0 Å². The summed E-state index contributed by atoms with van der Waals surface area (Å²) in [4.78, 5) is 16.5. The van der Waals surface area contributed by atoms with Crippen molar-refractivity contribution in [1.29, 1.82) is 0 Å². The Hall–Kier alpha value is -1.81. The van der Waals surface area contributed by atoms with Crippen molar-refractivity contribution in [3.05, 3.63) is 30.5 Å². The van der Waals surface area contributed by atoms with Crippen LogP contribution in [0.1, 0.15) is 13.8 Å². The number of aromatic amines is 1. The number of likely N-dealkylation sites (N-methyl/N-ethyl adjacent to an activating group) is 1. The van der Waals surface area contributed by atoms with E-state index in [-0.39, 0.29) is 5.91 Å². The molecule has 1 aromatic carbocycles. The van der Waals surface area contributed by atoms with Crippen LogP contribution in [0.15, 0.2) is 30.5 Å². The predicted octanol–water partition coefficient (Wildman–Crippen LogP) is 1.90. The van der Waals surface area contributed by atoms with E-state index >= 15 is 0 Å². The van der Waals surface area contributed by atoms with Crippen LogP contribution in [0.25, 0.3) is 10.9 Å². The van der Waals surface area contributed by atoms with Crippen molar-refractivity contribution in [2.75, 3.05) is 11.9 Å². The monoisotopic (exact) mass is 232 g/mol. The molecule has 0 saturated carbocycles. The molecule has 2 aromatic rings. The molecule has 2 N–H and O–H groups in total. The minimum atomic E-state index is -1.37. The van der Waals surface area contributed by atoms with E-state index in [1.807, 2.05) is 24.3 Å². The second-order valence-corrected chi connectivity index (χ2v) is 4.64. The van der Waals surface area contributed by atoms with Crippen LogP contribution in [0.2, 0.25) is 0 Å². The van der Waals surface area contributed by atoms with Gasteiger partial charge in [0, 0.05) is 24.1 Å². The topological polar surface area (TPSA) is 56.3 Å². The van der Waals surface area contributed by atoms with E-state index in [2.05, 4.69) is 4.98 Å². The lowest BCUT2D eigenvalue weighted by Crippen LogP contribution is -2.43. The van der Waals surface area contributed by atoms with Gasteiger partial charge in [0.25, 0.3) is 5.91 Å². The van der Waals surface area contributed by atoms with Crippen molar-refractivity contribution in [3.8, 4) is 0 Å². The highest BCUT2D eigenvalue weighted by Gasteiger charge is 2.29. The zero-order valence-electron chi connectivity index (χ0n) is 10.2. The highest BCUT2D eigenvalue weighted by molar-refractivity contribution is 6.05. The number of nitrogens with one attached hydrogen (secondary N) is 1. The summed E-state index contributed by atoms with van der Waals surface area (Å²) in [5.74, 6) is -0.331. The number of para-hydroxylation sites is 1. The van der Waals surface area contributed by atoms with Gasteiger partial charge in [-0.15, -0.1) is 0 Å². The lowest BCUT2D eigenvalue weighted by atomic mass is 10.1. The number of H-pyrrole nitrogens is 1. The number of aromatic nitrogens is 1. The number of carbonyl (C=O) groups is 1. The third-order valence-electron chi connectivity index (χ3n) is 2.76. The fourth-order valence-electron chi connectivity index (χ4n) is 1.85. The molecule has 90 valence electrons. The van der Waals surface area contributed by atoms with E-state index in [4.69, 9.17) is 0 Å². The third-order valence-corrected chi connectivity index (χ3v) is 2.76. The first-order valence-corrected chi connectivity index (χ1v) is 5.48. The number of fused-ring (bicyclic) bond motifs is 1. The van der Waals surface area contributed by atoms with Gasteiger partial charge in [0.1, 0.15) is 5.60 Å². The molecule has 4 nitrogen and oxygen atoms in total. The summed E-state index contributed by atoms with van der Waals surface area (Å²) in [5, 5.41) is 10.7. The molecular weight excluding hydrogens is 216 g/mol. The molecule has 0 saturated heterocycles. The van der Waals surface area contributed by atoms with Gasteiger partial charge in [-0.2, -0.15) is 0 Å². The van der Waals surface area contributed by atoms with Crippen LogP contribution in [-0.4, -0.2) is 28.6 Å². The van der Waals surface area contributed by atoms with E-state index < -0.39 is 5.60 Å². The molecule has 1 heterocycles. The Balaban J connectivity index is 2.44. The van der Waals surface area contributed by atoms with E-state index in [1.54, 1.807) is 13.2 Å². The molecule has 0 unspecified atom stereocenters. The summed E-state index contributed by atoms with van der Waals surface area (Å²) in [5.41, 5.74) is 0.373. The number of hydrogen-bond acceptors (Lipinski definition) is 2. The lowest BCUT2D eigenvalue weighted by Gasteiger charge is -2.24. The van der Waals surface area contributed by atoms with Crippen LogP contribution >= 0.6 is 0 Å². The molecule has 4 heteroatoms. The average molecular weight is 232 g/mol. The number of aliphatic hydroxyl groups is 1. The van der Waals surface area contributed by atoms with Gasteiger partial charge in [-0.1, -0.05) is 18.2 Å². The Bertz CT molecular complexity index is 552. The molecular formula is C13H16N2O2. The Morgan fingerprint density at radius 1 is 1.35 bits per heavy atom. The molecule has 0 aliphatic carbocycles. The van der Waals surface area contributed by atoms with Crippen molar-refractivity contribution in [2.45, 2.75) is 19.4 Å². The van der Waals surface area contributed by atoms with E-state index in [9.17, 15) is 9.90 Å². The van der Waals surface area contributed by atoms with Gasteiger partial charge >= 0.3 is 0 Å². The zero-order valence-corrected chi connectivity index (χ0v) is 10.2. The zero-order chi connectivity index (χ0) is 12.6. The molecule has 1 amide bonds. The van der Waals surface area contributed by atoms with Crippen LogP contribution in [0.4, 0.5) is 5.69 Å². The first-order chi connectivity index (χ1) is 7.91. The Labute approximate surface area is 99.9 Å². The van der Waals surface area contributed by atoms with Crippen LogP contribution in [0.5, 0.6) is 0 Å². The molecule has 0 radical (unpaired) electrons. The number of benzene rings is 1. The maximum atomic E-state index is 12.0. The maximum absolute atomic E-state index is 12.0. The number of anilines is 1. The standard InChI is InChI=1S/C13H16N2O2/c1-13(2,17)12(16)15(3)11-8-14-10-7-5-4-6-9(10)11/h4-8,14,17H,1-3H3. The summed E-state index contributed by atoms with van der Waals surface area (Å²) < 4.78 is 0. The summed E-state index contributed by atoms with van der Waals surface area (Å²) >= 11 is 0. The molecule has 1 aromatic heterocycles. The number of carbonyl (C=O) groups excluding carboxylic acids is 1. The molecule has 0 atom stereocenters. The first kappa shape index (κ1) is 11.7. The Morgan fingerprint density at radius 3 is 2.65 bits per heavy atom. The molecule has 0 fully saturated rings. The summed E-state index contributed by atoms with van der Waals surface area (Å²) in [6, 6.07) is 7.74. The number of amides is 1. The minimum Gasteiger partial charge on any atom is -0.381 e. The number of nitrogens with zero attached hydrogens (tertiary/aromatic N) is 1. The summed E-state index contributed by atoms with van der Waals surface area (Å²) in [7, 11) is 1.66. The first-order valence-electron chi connectivity index (χ1n) is 5.48. The van der Waals surface area contributed by atoms with E-state index in [0.717, 1.165) is 16.6 Å². The SMILES string of the molecule is CN(C(=O)C(C)(C)O)c1c[nH]c2ccccc12. The van der Waals surface area contributed by atoms with Crippen molar-refractivity contribution < 1.29 is 9.90 Å². The molecule has 0 spiro atoms. The molecule has 0 aliphatic heterocycles. The summed E-state index contributed by atoms with van der Waals surface area (Å²) in [6.07, 6.45) is 1.77. The van der Waals surface area contributed by atoms with Gasteiger partial charge in [0.05, 0.1) is 5.69 Å². The second-order valence-electron chi connectivity index (χ2n) is 4.64. The number of rotatable bonds is 2.